The number of H-pyrrole nitrogens is 2. The van der Waals surface area contributed by atoms with Crippen LogP contribution in [0.1, 0.15) is 29.8 Å². The number of nitrogens with two attached hydrogens (primary N) is 4. The second-order valence-electron chi connectivity index (χ2n) is 8.93. The molecule has 0 bridgehead atoms. The minimum Gasteiger partial charge on any atom is -0.481 e. The third-order valence-corrected chi connectivity index (χ3v) is 5.20. The Bertz CT molecular complexity index is 1200. The summed E-state index contributed by atoms with van der Waals surface area (Å²) in [4.78, 5) is 63.9. The van der Waals surface area contributed by atoms with Gasteiger partial charge in [-0.15, -0.1) is 0 Å². The molecule has 242 valence electrons. The Morgan fingerprint density at radius 3 is 1.32 bits per heavy atom. The average Bonchev–Trinajstić information content (AvgIpc) is 3.68. The van der Waals surface area contributed by atoms with Crippen molar-refractivity contribution in [2.75, 3.05) is 0 Å². The maximum atomic E-state index is 10.4. The molecular formula is C26H38N8O10. The zero-order valence-corrected chi connectivity index (χ0v) is 23.5. The van der Waals surface area contributed by atoms with Gasteiger partial charge in [-0.2, -0.15) is 0 Å². The van der Waals surface area contributed by atoms with Gasteiger partial charge in [0.2, 0.25) is 0 Å². The summed E-state index contributed by atoms with van der Waals surface area (Å²) in [6.07, 6.45) is 6.92. The molecule has 0 aliphatic rings. The molecule has 0 saturated carbocycles. The van der Waals surface area contributed by atoms with Crippen molar-refractivity contribution < 1.29 is 49.5 Å². The summed E-state index contributed by atoms with van der Waals surface area (Å²) >= 11 is 0. The van der Waals surface area contributed by atoms with Crippen LogP contribution in [0.25, 0.3) is 0 Å². The fourth-order valence-electron chi connectivity index (χ4n) is 2.79. The summed E-state index contributed by atoms with van der Waals surface area (Å²) in [6.45, 7) is 0. The van der Waals surface area contributed by atoms with Crippen molar-refractivity contribution >= 4 is 29.8 Å². The molecule has 0 aliphatic carbocycles. The van der Waals surface area contributed by atoms with Gasteiger partial charge in [-0.25, -0.2) is 9.97 Å². The van der Waals surface area contributed by atoms with Crippen LogP contribution < -0.4 is 22.9 Å². The van der Waals surface area contributed by atoms with Gasteiger partial charge in [-0.3, -0.25) is 24.0 Å². The van der Waals surface area contributed by atoms with E-state index in [0.29, 0.717) is 17.8 Å². The van der Waals surface area contributed by atoms with E-state index in [1.54, 1.807) is 12.4 Å². The van der Waals surface area contributed by atoms with Crippen LogP contribution >= 0.6 is 0 Å². The Kier molecular flexibility index (Phi) is 19.0. The summed E-state index contributed by atoms with van der Waals surface area (Å²) in [5.74, 6) is -5.17. The van der Waals surface area contributed by atoms with E-state index in [2.05, 4.69) is 19.9 Å². The lowest BCUT2D eigenvalue weighted by molar-refractivity contribution is -0.141. The predicted molar refractivity (Wildman–Crippen MR) is 154 cm³/mol. The first-order valence-corrected chi connectivity index (χ1v) is 12.8. The largest absolute Gasteiger partial charge is 0.481 e. The zero-order valence-electron chi connectivity index (χ0n) is 23.5. The van der Waals surface area contributed by atoms with E-state index in [-0.39, 0.29) is 25.7 Å². The van der Waals surface area contributed by atoms with E-state index < -0.39 is 54.0 Å². The van der Waals surface area contributed by atoms with Gasteiger partial charge in [0, 0.05) is 31.7 Å². The number of benzene rings is 1. The minimum atomic E-state index is -1.17. The fourth-order valence-corrected chi connectivity index (χ4v) is 2.79. The Labute approximate surface area is 251 Å². The minimum absolute atomic E-state index is 0.0231. The van der Waals surface area contributed by atoms with Crippen molar-refractivity contribution in [1.29, 1.82) is 0 Å². The summed E-state index contributed by atoms with van der Waals surface area (Å²) < 4.78 is 0. The highest BCUT2D eigenvalue weighted by atomic mass is 16.4. The highest BCUT2D eigenvalue weighted by molar-refractivity contribution is 5.75. The van der Waals surface area contributed by atoms with Crippen molar-refractivity contribution in [3.63, 3.8) is 0 Å². The molecule has 3 aromatic rings. The lowest BCUT2D eigenvalue weighted by Crippen LogP contribution is -2.32. The fraction of sp³-hybridized carbons (Fsp3) is 0.346. The van der Waals surface area contributed by atoms with Crippen LogP contribution in [0.4, 0.5) is 0 Å². The van der Waals surface area contributed by atoms with Crippen LogP contribution in [0.5, 0.6) is 0 Å². The molecular weight excluding hydrogens is 584 g/mol. The second kappa shape index (κ2) is 21.5. The molecule has 15 N–H and O–H groups in total. The van der Waals surface area contributed by atoms with Crippen molar-refractivity contribution in [2.45, 2.75) is 56.3 Å². The van der Waals surface area contributed by atoms with Crippen molar-refractivity contribution in [1.82, 2.24) is 19.9 Å². The highest BCUT2D eigenvalue weighted by Crippen LogP contribution is 2.01. The number of nitrogens with zero attached hydrogens (tertiary/aromatic N) is 2. The molecule has 0 radical (unpaired) electrons. The van der Waals surface area contributed by atoms with Crippen molar-refractivity contribution in [3.8, 4) is 0 Å². The van der Waals surface area contributed by atoms with Crippen LogP contribution in [-0.4, -0.2) is 99.5 Å². The van der Waals surface area contributed by atoms with E-state index in [4.69, 9.17) is 48.5 Å². The molecule has 0 aliphatic heterocycles. The quantitative estimate of drug-likeness (QED) is 0.105. The van der Waals surface area contributed by atoms with Gasteiger partial charge in [0.05, 0.1) is 24.0 Å². The lowest BCUT2D eigenvalue weighted by atomic mass is 10.1. The first-order valence-electron chi connectivity index (χ1n) is 12.8. The van der Waals surface area contributed by atoms with Crippen LogP contribution in [0.3, 0.4) is 0 Å². The van der Waals surface area contributed by atoms with Gasteiger partial charge in [-0.1, -0.05) is 30.3 Å². The number of imidazole rings is 2. The van der Waals surface area contributed by atoms with Crippen LogP contribution in [0, 0.1) is 0 Å². The first kappa shape index (κ1) is 38.8. The van der Waals surface area contributed by atoms with Gasteiger partial charge in [0.15, 0.2) is 0 Å². The number of hydrogen-bond acceptors (Lipinski definition) is 11. The molecule has 0 amide bonds. The Hall–Kier alpha value is -5.17. The molecule has 18 heteroatoms. The molecule has 3 rings (SSSR count). The zero-order chi connectivity index (χ0) is 33.7. The Morgan fingerprint density at radius 1 is 0.614 bits per heavy atom. The standard InChI is InChI=1S/C9H11NO2.2C6H9N3O2.C5H9NO4/c10-8(9(11)12)6-7-4-2-1-3-5-7;2*7-5(6(10)11)1-4-2-8-3-9-4;6-3(5(9)10)1-2-4(7)8/h1-5,8H,6,10H2,(H,11,12);2*2-3,5H,1,7H2,(H,8,9)(H,10,11);3H,1-2,6H2,(H,7,8)(H,9,10). The summed E-state index contributed by atoms with van der Waals surface area (Å²) in [7, 11) is 0. The van der Waals surface area contributed by atoms with Crippen molar-refractivity contribution in [2.24, 2.45) is 22.9 Å². The number of carboxylic acids is 5. The van der Waals surface area contributed by atoms with E-state index in [1.807, 2.05) is 30.3 Å². The van der Waals surface area contributed by atoms with Crippen molar-refractivity contribution in [3.05, 3.63) is 72.3 Å². The lowest BCUT2D eigenvalue weighted by Gasteiger charge is -2.04. The number of aliphatic carboxylic acids is 5. The van der Waals surface area contributed by atoms with E-state index in [1.165, 1.54) is 12.7 Å². The summed E-state index contributed by atoms with van der Waals surface area (Å²) in [6, 6.07) is 5.76. The predicted octanol–water partition coefficient (Wildman–Crippen LogP) is -1.37. The maximum Gasteiger partial charge on any atom is 0.320 e. The molecule has 44 heavy (non-hydrogen) atoms. The molecule has 18 nitrogen and oxygen atoms in total. The number of carboxylic acid groups (broad SMARTS) is 5. The molecule has 0 fully saturated rings. The van der Waals surface area contributed by atoms with Crippen LogP contribution in [-0.2, 0) is 43.2 Å². The number of carbonyl (C=O) groups is 5. The Balaban J connectivity index is 0.000000562. The van der Waals surface area contributed by atoms with Crippen LogP contribution in [0.15, 0.2) is 55.4 Å². The molecule has 4 atom stereocenters. The molecule has 1 aromatic carbocycles. The van der Waals surface area contributed by atoms with Gasteiger partial charge in [0.25, 0.3) is 0 Å². The third kappa shape index (κ3) is 19.0. The van der Waals surface area contributed by atoms with E-state index in [9.17, 15) is 24.0 Å². The SMILES string of the molecule is NC(CCC(=O)O)C(=O)O.NC(Cc1c[nH]cn1)C(=O)O.NC(Cc1c[nH]cn1)C(=O)O.NC(Cc1ccccc1)C(=O)O. The number of rotatable bonds is 13. The number of nitrogens with one attached hydrogen (secondary N) is 2. The number of aromatic nitrogens is 4. The third-order valence-electron chi connectivity index (χ3n) is 5.20. The molecule has 2 heterocycles. The number of hydrogen-bond donors (Lipinski definition) is 11. The van der Waals surface area contributed by atoms with Gasteiger partial charge < -0.3 is 58.4 Å². The highest BCUT2D eigenvalue weighted by Gasteiger charge is 2.14. The van der Waals surface area contributed by atoms with Gasteiger partial charge in [-0.05, 0) is 18.4 Å². The van der Waals surface area contributed by atoms with Gasteiger partial charge >= 0.3 is 29.8 Å². The summed E-state index contributed by atoms with van der Waals surface area (Å²) in [5.41, 5.74) is 23.1. The maximum absolute atomic E-state index is 10.4. The average molecular weight is 623 g/mol. The topological polar surface area (TPSA) is 348 Å². The van der Waals surface area contributed by atoms with E-state index in [0.717, 1.165) is 5.56 Å². The van der Waals surface area contributed by atoms with Crippen LogP contribution in [0.2, 0.25) is 0 Å². The monoisotopic (exact) mass is 622 g/mol. The molecule has 0 spiro atoms. The Morgan fingerprint density at radius 2 is 1.00 bits per heavy atom. The number of aromatic amines is 2. The first-order chi connectivity index (χ1) is 20.6. The smallest absolute Gasteiger partial charge is 0.320 e. The van der Waals surface area contributed by atoms with E-state index >= 15 is 0 Å². The second-order valence-corrected chi connectivity index (χ2v) is 8.93. The molecule has 2 aromatic heterocycles. The summed E-state index contributed by atoms with van der Waals surface area (Å²) in [5, 5.41) is 41.6. The van der Waals surface area contributed by atoms with Gasteiger partial charge in [0.1, 0.15) is 24.2 Å². The molecule has 4 unspecified atom stereocenters. The normalized spacial score (nSPS) is 12.6. The molecule has 0 saturated heterocycles.